The van der Waals surface area contributed by atoms with Gasteiger partial charge in [0.15, 0.2) is 0 Å². The van der Waals surface area contributed by atoms with Crippen molar-refractivity contribution in [3.8, 4) is 0 Å². The average Bonchev–Trinajstić information content (AvgIpc) is 3.01. The third kappa shape index (κ3) is 4.11. The van der Waals surface area contributed by atoms with Gasteiger partial charge in [-0.2, -0.15) is 0 Å². The van der Waals surface area contributed by atoms with Gasteiger partial charge >= 0.3 is 5.97 Å². The van der Waals surface area contributed by atoms with Gasteiger partial charge in [0, 0.05) is 11.3 Å². The monoisotopic (exact) mass is 378 g/mol. The Labute approximate surface area is 163 Å². The van der Waals surface area contributed by atoms with Gasteiger partial charge in [-0.3, -0.25) is 4.79 Å². The summed E-state index contributed by atoms with van der Waals surface area (Å²) in [5.41, 5.74) is 3.85. The molecule has 0 fully saturated rings. The number of nitrogens with zero attached hydrogens (tertiary/aromatic N) is 1. The Hall–Kier alpha value is -3.41. The lowest BCUT2D eigenvalue weighted by Gasteiger charge is -2.19. The molecule has 1 amide bonds. The predicted octanol–water partition coefficient (Wildman–Crippen LogP) is 4.45. The second kappa shape index (κ2) is 8.08. The molecule has 0 spiro atoms. The van der Waals surface area contributed by atoms with Crippen LogP contribution in [-0.4, -0.2) is 17.0 Å². The van der Waals surface area contributed by atoms with Gasteiger partial charge in [-0.1, -0.05) is 47.6 Å². The van der Waals surface area contributed by atoms with Crippen LogP contribution in [0.25, 0.3) is 0 Å². The van der Waals surface area contributed by atoms with Gasteiger partial charge in [-0.05, 0) is 44.9 Å². The van der Waals surface area contributed by atoms with E-state index < -0.39 is 18.0 Å². The molecular weight excluding hydrogens is 356 g/mol. The van der Waals surface area contributed by atoms with Crippen LogP contribution in [0.3, 0.4) is 0 Å². The molecule has 1 atom stereocenters. The Bertz CT molecular complexity index is 989. The van der Waals surface area contributed by atoms with Crippen LogP contribution < -0.4 is 5.32 Å². The number of ether oxygens (including phenoxy) is 1. The summed E-state index contributed by atoms with van der Waals surface area (Å²) in [5, 5.41) is 6.65. The molecule has 3 aromatic rings. The zero-order valence-electron chi connectivity index (χ0n) is 16.3. The van der Waals surface area contributed by atoms with Crippen molar-refractivity contribution in [2.45, 2.75) is 33.8 Å². The van der Waals surface area contributed by atoms with Crippen LogP contribution in [0, 0.1) is 27.7 Å². The van der Waals surface area contributed by atoms with Crippen LogP contribution in [0.15, 0.2) is 53.1 Å². The van der Waals surface area contributed by atoms with Gasteiger partial charge in [0.25, 0.3) is 5.91 Å². The standard InChI is InChI=1S/C22H22N2O4/c1-13-10-11-14(2)18(12-13)23-21(25)20(17-8-6-5-7-9-17)27-22(26)19-15(3)24-28-16(19)4/h5-12,20H,1-4H3,(H,23,25). The van der Waals surface area contributed by atoms with Gasteiger partial charge in [0.2, 0.25) is 6.10 Å². The Morgan fingerprint density at radius 1 is 1.04 bits per heavy atom. The highest BCUT2D eigenvalue weighted by Gasteiger charge is 2.29. The first-order valence-electron chi connectivity index (χ1n) is 8.93. The number of esters is 1. The van der Waals surface area contributed by atoms with Gasteiger partial charge in [0.05, 0.1) is 5.69 Å². The molecule has 6 heteroatoms. The highest BCUT2D eigenvalue weighted by atomic mass is 16.6. The Morgan fingerprint density at radius 2 is 1.75 bits per heavy atom. The molecular formula is C22H22N2O4. The predicted molar refractivity (Wildman–Crippen MR) is 105 cm³/mol. The molecule has 1 unspecified atom stereocenters. The van der Waals surface area contributed by atoms with Crippen molar-refractivity contribution in [2.75, 3.05) is 5.32 Å². The summed E-state index contributed by atoms with van der Waals surface area (Å²) in [6.45, 7) is 7.13. The van der Waals surface area contributed by atoms with Crippen LogP contribution in [0.5, 0.6) is 0 Å². The molecule has 0 aliphatic rings. The van der Waals surface area contributed by atoms with Crippen molar-refractivity contribution in [3.05, 3.63) is 82.2 Å². The molecule has 0 aliphatic heterocycles. The first-order chi connectivity index (χ1) is 13.4. The molecule has 1 heterocycles. The fourth-order valence-electron chi connectivity index (χ4n) is 2.91. The summed E-state index contributed by atoms with van der Waals surface area (Å²) in [7, 11) is 0. The van der Waals surface area contributed by atoms with Gasteiger partial charge in [0.1, 0.15) is 11.3 Å². The van der Waals surface area contributed by atoms with Crippen molar-refractivity contribution in [1.29, 1.82) is 0 Å². The molecule has 2 aromatic carbocycles. The maximum Gasteiger partial charge on any atom is 0.344 e. The molecule has 3 rings (SSSR count). The number of rotatable bonds is 5. The summed E-state index contributed by atoms with van der Waals surface area (Å²) in [6.07, 6.45) is -1.11. The molecule has 0 radical (unpaired) electrons. The molecule has 28 heavy (non-hydrogen) atoms. The second-order valence-electron chi connectivity index (χ2n) is 6.70. The van der Waals surface area contributed by atoms with Crippen LogP contribution in [0.4, 0.5) is 5.69 Å². The first kappa shape index (κ1) is 19.4. The summed E-state index contributed by atoms with van der Waals surface area (Å²) >= 11 is 0. The minimum atomic E-state index is -1.11. The molecule has 1 aromatic heterocycles. The molecule has 6 nitrogen and oxygen atoms in total. The van der Waals surface area contributed by atoms with E-state index in [9.17, 15) is 9.59 Å². The minimum absolute atomic E-state index is 0.237. The highest BCUT2D eigenvalue weighted by Crippen LogP contribution is 2.25. The lowest BCUT2D eigenvalue weighted by molar-refractivity contribution is -0.125. The minimum Gasteiger partial charge on any atom is -0.444 e. The van der Waals surface area contributed by atoms with Crippen LogP contribution in [0.2, 0.25) is 0 Å². The number of hydrogen-bond acceptors (Lipinski definition) is 5. The van der Waals surface area contributed by atoms with E-state index >= 15 is 0 Å². The lowest BCUT2D eigenvalue weighted by atomic mass is 10.1. The summed E-state index contributed by atoms with van der Waals surface area (Å²) in [4.78, 5) is 25.7. The number of aromatic nitrogens is 1. The third-order valence-electron chi connectivity index (χ3n) is 4.45. The highest BCUT2D eigenvalue weighted by molar-refractivity contribution is 5.99. The van der Waals surface area contributed by atoms with E-state index in [1.54, 1.807) is 38.1 Å². The molecule has 144 valence electrons. The fourth-order valence-corrected chi connectivity index (χ4v) is 2.91. The van der Waals surface area contributed by atoms with Gasteiger partial charge in [-0.15, -0.1) is 0 Å². The molecule has 0 aliphatic carbocycles. The largest absolute Gasteiger partial charge is 0.444 e. The second-order valence-corrected chi connectivity index (χ2v) is 6.70. The summed E-state index contributed by atoms with van der Waals surface area (Å²) in [6, 6.07) is 14.7. The molecule has 0 saturated carbocycles. The van der Waals surface area contributed by atoms with Crippen molar-refractivity contribution in [1.82, 2.24) is 5.16 Å². The third-order valence-corrected chi connectivity index (χ3v) is 4.45. The van der Waals surface area contributed by atoms with Crippen LogP contribution >= 0.6 is 0 Å². The van der Waals surface area contributed by atoms with Crippen molar-refractivity contribution in [2.24, 2.45) is 0 Å². The summed E-state index contributed by atoms with van der Waals surface area (Å²) < 4.78 is 10.6. The number of carbonyl (C=O) groups excluding carboxylic acids is 2. The van der Waals surface area contributed by atoms with Crippen molar-refractivity contribution < 1.29 is 18.8 Å². The number of benzene rings is 2. The lowest BCUT2D eigenvalue weighted by Crippen LogP contribution is -2.26. The molecule has 0 bridgehead atoms. The number of aryl methyl sites for hydroxylation is 4. The van der Waals surface area contributed by atoms with E-state index in [1.807, 2.05) is 38.1 Å². The van der Waals surface area contributed by atoms with Crippen molar-refractivity contribution in [3.63, 3.8) is 0 Å². The first-order valence-corrected chi connectivity index (χ1v) is 8.93. The maximum absolute atomic E-state index is 13.0. The normalized spacial score (nSPS) is 11.7. The number of anilines is 1. The van der Waals surface area contributed by atoms with E-state index in [2.05, 4.69) is 10.5 Å². The zero-order chi connectivity index (χ0) is 20.3. The quantitative estimate of drug-likeness (QED) is 0.664. The smallest absolute Gasteiger partial charge is 0.344 e. The molecule has 1 N–H and O–H groups in total. The number of hydrogen-bond donors (Lipinski definition) is 1. The number of carbonyl (C=O) groups is 2. The van der Waals surface area contributed by atoms with Gasteiger partial charge in [-0.25, -0.2) is 4.79 Å². The van der Waals surface area contributed by atoms with E-state index in [-0.39, 0.29) is 5.56 Å². The Balaban J connectivity index is 1.90. The Kier molecular flexibility index (Phi) is 5.59. The average molecular weight is 378 g/mol. The van der Waals surface area contributed by atoms with E-state index in [1.165, 1.54) is 0 Å². The number of nitrogens with one attached hydrogen (secondary N) is 1. The fraction of sp³-hybridized carbons (Fsp3) is 0.227. The SMILES string of the molecule is Cc1ccc(C)c(NC(=O)C(OC(=O)c2c(C)noc2C)c2ccccc2)c1. The Morgan fingerprint density at radius 3 is 2.39 bits per heavy atom. The topological polar surface area (TPSA) is 81.4 Å². The maximum atomic E-state index is 13.0. The van der Waals surface area contributed by atoms with E-state index in [4.69, 9.17) is 9.26 Å². The van der Waals surface area contributed by atoms with Crippen molar-refractivity contribution >= 4 is 17.6 Å². The van der Waals surface area contributed by atoms with E-state index in [0.29, 0.717) is 22.7 Å². The van der Waals surface area contributed by atoms with Crippen LogP contribution in [0.1, 0.15) is 44.6 Å². The van der Waals surface area contributed by atoms with E-state index in [0.717, 1.165) is 11.1 Å². The summed E-state index contributed by atoms with van der Waals surface area (Å²) in [5.74, 6) is -0.731. The van der Waals surface area contributed by atoms with Crippen LogP contribution in [-0.2, 0) is 9.53 Å². The number of amides is 1. The zero-order valence-corrected chi connectivity index (χ0v) is 16.3. The molecule has 0 saturated heterocycles. The van der Waals surface area contributed by atoms with Gasteiger partial charge < -0.3 is 14.6 Å².